The fourth-order valence-electron chi connectivity index (χ4n) is 16.6. The smallest absolute Gasteiger partial charge is 0.303 e. The second-order valence-corrected chi connectivity index (χ2v) is 43.4. The molecule has 0 amide bonds. The van der Waals surface area contributed by atoms with Crippen LogP contribution in [0, 0.1) is 59.2 Å². The highest BCUT2D eigenvalue weighted by molar-refractivity contribution is 7.78. The van der Waals surface area contributed by atoms with Gasteiger partial charge in [0.15, 0.2) is 0 Å². The maximum absolute atomic E-state index is 8.25. The average Bonchev–Trinajstić information content (AvgIpc) is 0.748. The first-order chi connectivity index (χ1) is 43.3. The highest BCUT2D eigenvalue weighted by Gasteiger charge is 2.52. The summed E-state index contributed by atoms with van der Waals surface area (Å²) >= 11 is 0. The van der Waals surface area contributed by atoms with E-state index >= 15 is 0 Å². The van der Waals surface area contributed by atoms with Crippen LogP contribution in [-0.4, -0.2) is 61.0 Å². The monoisotopic (exact) mass is 1360 g/mol. The molecule has 10 fully saturated rings. The third kappa shape index (κ3) is 20.9. The number of hydrogen-bond donors (Lipinski definition) is 0. The van der Waals surface area contributed by atoms with E-state index in [0.717, 1.165) is 257 Å². The molecule has 0 aromatic rings. The molecule has 15 nitrogen and oxygen atoms in total. The zero-order valence-electron chi connectivity index (χ0n) is 58.4. The SMILES string of the molecule is CC1CCC(OP2(OC3CCC(C)CC3)=NP(OC3CCC(C)CC3)(OC3CCC(C)CC3)=NP(OC3CCC(C)CC3)(OC3CCC(C)CC3)=NP(OC3CCC(C)CC3)(OC3CCC(C)CC3)=NP(OC3CCC(C)CC3)(OC3CCC(C)CC3)=N2)CC1. The molecule has 0 spiro atoms. The molecule has 11 aliphatic rings. The molecule has 1 aliphatic heterocycles. The van der Waals surface area contributed by atoms with Crippen molar-refractivity contribution in [2.24, 2.45) is 81.8 Å². The Bertz CT molecular complexity index is 1940. The van der Waals surface area contributed by atoms with Gasteiger partial charge in [-0.1, -0.05) is 69.2 Å². The number of rotatable bonds is 20. The van der Waals surface area contributed by atoms with Crippen LogP contribution in [-0.2, 0) is 45.2 Å². The molecule has 1 heterocycles. The van der Waals surface area contributed by atoms with Gasteiger partial charge < -0.3 is 45.2 Å². The summed E-state index contributed by atoms with van der Waals surface area (Å²) in [6, 6.07) is 0. The van der Waals surface area contributed by atoms with Crippen LogP contribution in [0.2, 0.25) is 0 Å². The Labute approximate surface area is 549 Å². The molecular weight excluding hydrogens is 1230 g/mol. The first-order valence-corrected chi connectivity index (χ1v) is 45.9. The third-order valence-electron chi connectivity index (χ3n) is 23.6. The lowest BCUT2D eigenvalue weighted by Crippen LogP contribution is -2.27. The van der Waals surface area contributed by atoms with Gasteiger partial charge in [-0.15, -0.1) is 22.6 Å². The van der Waals surface area contributed by atoms with Gasteiger partial charge in [0.2, 0.25) is 0 Å². The zero-order chi connectivity index (χ0) is 62.9. The normalized spacial score (nSPS) is 47.9. The third-order valence-corrected chi connectivity index (χ3v) is 38.4. The van der Waals surface area contributed by atoms with E-state index in [4.69, 9.17) is 67.8 Å². The van der Waals surface area contributed by atoms with Crippen LogP contribution >= 0.6 is 38.3 Å². The van der Waals surface area contributed by atoms with Gasteiger partial charge in [0.1, 0.15) is 0 Å². The van der Waals surface area contributed by atoms with Gasteiger partial charge in [-0.25, -0.2) is 0 Å². The minimum Gasteiger partial charge on any atom is -0.303 e. The Morgan fingerprint density at radius 2 is 0.222 bits per heavy atom. The molecule has 0 N–H and O–H groups in total. The summed E-state index contributed by atoms with van der Waals surface area (Å²) < 4.78 is 115. The average molecular weight is 1360 g/mol. The second-order valence-electron chi connectivity index (χ2n) is 32.8. The molecule has 0 atom stereocenters. The highest BCUT2D eigenvalue weighted by atomic mass is 31.3. The lowest BCUT2D eigenvalue weighted by molar-refractivity contribution is 0.0693. The maximum Gasteiger partial charge on any atom is 0.349 e. The summed E-state index contributed by atoms with van der Waals surface area (Å²) in [5.41, 5.74) is 0. The molecule has 11 rings (SSSR count). The van der Waals surface area contributed by atoms with Crippen molar-refractivity contribution in [1.82, 2.24) is 0 Å². The Hall–Kier alpha value is 0.750. The summed E-state index contributed by atoms with van der Waals surface area (Å²) in [5.74, 6) is 5.84. The van der Waals surface area contributed by atoms with Gasteiger partial charge in [0, 0.05) is 0 Å². The van der Waals surface area contributed by atoms with Crippen molar-refractivity contribution < 1.29 is 45.2 Å². The van der Waals surface area contributed by atoms with Crippen molar-refractivity contribution in [1.29, 1.82) is 0 Å². The molecule has 0 bridgehead atoms. The van der Waals surface area contributed by atoms with Crippen LogP contribution in [0.4, 0.5) is 0 Å². The summed E-state index contributed by atoms with van der Waals surface area (Å²) in [7, 11) is -20.7. The van der Waals surface area contributed by atoms with Crippen LogP contribution in [0.5, 0.6) is 0 Å². The number of nitrogens with zero attached hydrogens (tertiary/aromatic N) is 5. The second kappa shape index (κ2) is 33.3. The van der Waals surface area contributed by atoms with E-state index in [2.05, 4.69) is 69.2 Å². The minimum absolute atomic E-state index is 0.195. The van der Waals surface area contributed by atoms with Crippen LogP contribution in [0.15, 0.2) is 22.6 Å². The maximum atomic E-state index is 8.25. The summed E-state index contributed by atoms with van der Waals surface area (Å²) in [5, 5.41) is 0. The van der Waals surface area contributed by atoms with Crippen LogP contribution in [0.3, 0.4) is 0 Å². The van der Waals surface area contributed by atoms with Crippen molar-refractivity contribution in [3.8, 4) is 0 Å². The van der Waals surface area contributed by atoms with E-state index in [1.165, 1.54) is 0 Å². The molecule has 0 saturated heterocycles. The van der Waals surface area contributed by atoms with Crippen molar-refractivity contribution in [2.75, 3.05) is 0 Å². The van der Waals surface area contributed by atoms with Crippen LogP contribution in [0.1, 0.15) is 326 Å². The molecule has 90 heavy (non-hydrogen) atoms. The summed E-state index contributed by atoms with van der Waals surface area (Å²) in [4.78, 5) is 0. The van der Waals surface area contributed by atoms with Crippen LogP contribution in [0.25, 0.3) is 0 Å². The van der Waals surface area contributed by atoms with Gasteiger partial charge in [0.05, 0.1) is 61.0 Å². The molecule has 10 saturated carbocycles. The minimum atomic E-state index is -4.13. The van der Waals surface area contributed by atoms with Gasteiger partial charge in [0.25, 0.3) is 0 Å². The van der Waals surface area contributed by atoms with Crippen molar-refractivity contribution >= 4 is 38.3 Å². The fourth-order valence-corrected chi connectivity index (χ4v) is 34.3. The fraction of sp³-hybridized carbons (Fsp3) is 1.00. The predicted molar refractivity (Wildman–Crippen MR) is 372 cm³/mol. The molecule has 20 heteroatoms. The Morgan fingerprint density at radius 1 is 0.144 bits per heavy atom. The lowest BCUT2D eigenvalue weighted by atomic mass is 9.89. The van der Waals surface area contributed by atoms with Gasteiger partial charge in [-0.3, -0.25) is 0 Å². The van der Waals surface area contributed by atoms with E-state index in [9.17, 15) is 0 Å². The molecule has 0 unspecified atom stereocenters. The Kier molecular flexibility index (Phi) is 26.6. The predicted octanol–water partition coefficient (Wildman–Crippen LogP) is 25.7. The molecular formula is C70H130N5O10P5. The summed E-state index contributed by atoms with van der Waals surface area (Å²) in [6.45, 7) is 24.0. The Balaban J connectivity index is 1.31. The van der Waals surface area contributed by atoms with E-state index in [1.54, 1.807) is 0 Å². The first-order valence-electron chi connectivity index (χ1n) is 38.3. The molecule has 520 valence electrons. The van der Waals surface area contributed by atoms with Crippen molar-refractivity contribution in [3.05, 3.63) is 0 Å². The van der Waals surface area contributed by atoms with Crippen LogP contribution < -0.4 is 0 Å². The lowest BCUT2D eigenvalue weighted by Gasteiger charge is -2.42. The first kappa shape index (κ1) is 72.0. The quantitative estimate of drug-likeness (QED) is 0.108. The molecule has 0 radical (unpaired) electrons. The summed E-state index contributed by atoms with van der Waals surface area (Å²) in [6.07, 6.45) is 36.5. The largest absolute Gasteiger partial charge is 0.349 e. The molecule has 0 aromatic carbocycles. The van der Waals surface area contributed by atoms with Crippen molar-refractivity contribution in [3.63, 3.8) is 0 Å². The molecule has 10 aliphatic carbocycles. The Morgan fingerprint density at radius 3 is 0.300 bits per heavy atom. The van der Waals surface area contributed by atoms with Gasteiger partial charge >= 0.3 is 38.3 Å². The van der Waals surface area contributed by atoms with E-state index in [-0.39, 0.29) is 61.0 Å². The standard InChI is InChI=1S/C70H130N5O10P5/c1-51-11-31-61(32-12-51)76-86(77-62-33-13-52(2)14-34-62)71-87(78-63-35-15-53(3)16-36-63,79-64-37-17-54(4)18-38-64)73-89(82-67-43-23-57(7)24-44-67,83-68-45-25-58(8)26-46-68)75-90(84-69-47-27-59(9)28-48-69,85-70-49-29-60(10)30-50-70)74-88(72-86,80-65-39-19-55(5)20-40-65)81-66-41-21-56(6)22-42-66/h51-70H,11-50H2,1-10H3. The van der Waals surface area contributed by atoms with Gasteiger partial charge in [-0.2, -0.15) is 0 Å². The number of hydrogen-bond acceptors (Lipinski definition) is 15. The topological polar surface area (TPSA) is 154 Å². The van der Waals surface area contributed by atoms with E-state index < -0.39 is 38.3 Å². The van der Waals surface area contributed by atoms with Gasteiger partial charge in [-0.05, 0) is 316 Å². The zero-order valence-corrected chi connectivity index (χ0v) is 62.9. The molecule has 0 aromatic heterocycles. The van der Waals surface area contributed by atoms with Crippen molar-refractivity contribution in [2.45, 2.75) is 387 Å². The van der Waals surface area contributed by atoms with E-state index in [0.29, 0.717) is 59.2 Å². The van der Waals surface area contributed by atoms with E-state index in [1.807, 2.05) is 0 Å². The highest BCUT2D eigenvalue weighted by Crippen LogP contribution is 2.84.